The van der Waals surface area contributed by atoms with E-state index in [4.69, 9.17) is 25.8 Å². The van der Waals surface area contributed by atoms with Crippen LogP contribution in [0.25, 0.3) is 0 Å². The number of hydrogen-bond donors (Lipinski definition) is 4. The van der Waals surface area contributed by atoms with E-state index in [0.29, 0.717) is 29.1 Å². The average Bonchev–Trinajstić information content (AvgIpc) is 3.34. The fourth-order valence-corrected chi connectivity index (χ4v) is 8.25. The van der Waals surface area contributed by atoms with E-state index < -0.39 is 108 Å². The Balaban J connectivity index is 2.75. The minimum absolute atomic E-state index is 0.00849. The van der Waals surface area contributed by atoms with Crippen molar-refractivity contribution in [2.24, 2.45) is 17.8 Å². The number of allylic oxidation sites excluding steroid dienone is 1. The topological polar surface area (TPSA) is 222 Å². The lowest BCUT2D eigenvalue weighted by Crippen LogP contribution is -2.60. The Morgan fingerprint density at radius 1 is 0.959 bits per heavy atom. The molecule has 19 heteroatoms. The van der Waals surface area contributed by atoms with Crippen LogP contribution >= 0.6 is 11.6 Å². The van der Waals surface area contributed by atoms with Crippen LogP contribution in [0.2, 0.25) is 5.02 Å². The maximum absolute atomic E-state index is 14.4. The molecule has 4 N–H and O–H groups in total. The Hall–Kier alpha value is -5.49. The lowest BCUT2D eigenvalue weighted by Gasteiger charge is -2.35. The summed E-state index contributed by atoms with van der Waals surface area (Å²) in [6.45, 7) is 19.3. The first-order chi connectivity index (χ1) is 34.2. The Kier molecular flexibility index (Phi) is 26.7. The Labute approximate surface area is 439 Å². The molecule has 7 unspecified atom stereocenters. The third-order valence-electron chi connectivity index (χ3n) is 13.3. The molecule has 0 radical (unpaired) electrons. The highest BCUT2D eigenvalue weighted by Gasteiger charge is 2.41. The predicted molar refractivity (Wildman–Crippen MR) is 282 cm³/mol. The highest BCUT2D eigenvalue weighted by atomic mass is 35.5. The van der Waals surface area contributed by atoms with Gasteiger partial charge in [-0.2, -0.15) is 0 Å². The maximum Gasteiger partial charge on any atom is 0.409 e. The number of benzene rings is 1. The fourth-order valence-electron chi connectivity index (χ4n) is 8.12. The minimum atomic E-state index is -1.65. The maximum atomic E-state index is 14.4. The van der Waals surface area contributed by atoms with Gasteiger partial charge in [-0.05, 0) is 110 Å². The van der Waals surface area contributed by atoms with Gasteiger partial charge in [0.15, 0.2) is 6.10 Å². The second-order valence-corrected chi connectivity index (χ2v) is 20.9. The minimum Gasteiger partial charge on any atom is -0.456 e. The van der Waals surface area contributed by atoms with Gasteiger partial charge in [0.25, 0.3) is 5.91 Å². The van der Waals surface area contributed by atoms with Gasteiger partial charge in [-0.15, -0.1) is 0 Å². The summed E-state index contributed by atoms with van der Waals surface area (Å²) in [5.41, 5.74) is -0.281. The van der Waals surface area contributed by atoms with Gasteiger partial charge < -0.3 is 50.2 Å². The molecule has 1 heterocycles. The monoisotopic (exact) mass is 1040 g/mol. The molecular formula is C54H86ClN7O11. The van der Waals surface area contributed by atoms with Crippen molar-refractivity contribution in [3.05, 3.63) is 58.1 Å². The molecule has 8 atom stereocenters. The second-order valence-electron chi connectivity index (χ2n) is 20.5. The fraction of sp³-hybridized carbons (Fsp3) is 0.667. The number of carbonyl (C=O) groups excluding carboxylic acids is 8. The summed E-state index contributed by atoms with van der Waals surface area (Å²) >= 11 is 6.16. The van der Waals surface area contributed by atoms with Crippen LogP contribution in [-0.2, 0) is 54.2 Å². The molecular weight excluding hydrogens is 958 g/mol. The first-order valence-electron chi connectivity index (χ1n) is 25.6. The molecule has 1 aromatic rings. The standard InChI is InChI=1S/C54H86ClN7O11/c1-16-34(5)45-48(65)59-54(10,11)52(69)73-46(35(6)17-2)37(8)42(72-53(70)60(13)29-21-19-18-20-28-56-12)27-22-36(7)51(68)71-43(30-33(3)4)47(64)57-38(9)49(66)62(15)41(31-39-23-25-40(55)26-24-39)50(67)61(14)32-44(63)58-45/h17,22-26,33-34,37-38,41-43,45-46,56H,16,18-21,27-32H2,1-15H3,(H,57,64)(H,58,63)(H,59,65)/b35-17+,36-22?/t34-,37?,38?,41?,42?,43?,45?,46?/m1/s1. The van der Waals surface area contributed by atoms with Crippen molar-refractivity contribution in [3.63, 3.8) is 0 Å². The number of cyclic esters (lactones) is 2. The van der Waals surface area contributed by atoms with E-state index in [-0.39, 0.29) is 30.8 Å². The van der Waals surface area contributed by atoms with Gasteiger partial charge in [-0.1, -0.05) is 89.8 Å². The molecule has 1 aliphatic rings. The van der Waals surface area contributed by atoms with Crippen LogP contribution in [0.1, 0.15) is 127 Å². The van der Waals surface area contributed by atoms with Gasteiger partial charge in [-0.25, -0.2) is 14.4 Å². The smallest absolute Gasteiger partial charge is 0.409 e. The van der Waals surface area contributed by atoms with Crippen molar-refractivity contribution in [2.45, 2.75) is 170 Å². The summed E-state index contributed by atoms with van der Waals surface area (Å²) in [6, 6.07) is 3.18. The highest BCUT2D eigenvalue weighted by Crippen LogP contribution is 2.28. The molecule has 73 heavy (non-hydrogen) atoms. The molecule has 0 aliphatic carbocycles. The van der Waals surface area contributed by atoms with Crippen molar-refractivity contribution < 1.29 is 52.6 Å². The number of hydrogen-bond acceptors (Lipinski definition) is 12. The van der Waals surface area contributed by atoms with Crippen LogP contribution < -0.4 is 21.3 Å². The zero-order valence-corrected chi connectivity index (χ0v) is 46.9. The van der Waals surface area contributed by atoms with Crippen LogP contribution in [0.3, 0.4) is 0 Å². The Morgan fingerprint density at radius 3 is 2.18 bits per heavy atom. The van der Waals surface area contributed by atoms with Gasteiger partial charge in [-0.3, -0.25) is 24.0 Å². The largest absolute Gasteiger partial charge is 0.456 e. The van der Waals surface area contributed by atoms with Crippen molar-refractivity contribution in [3.8, 4) is 0 Å². The molecule has 1 aromatic carbocycles. The van der Waals surface area contributed by atoms with Crippen molar-refractivity contribution >= 4 is 59.2 Å². The van der Waals surface area contributed by atoms with E-state index in [2.05, 4.69) is 21.3 Å². The number of amides is 6. The van der Waals surface area contributed by atoms with Gasteiger partial charge in [0.05, 0.1) is 6.54 Å². The Bertz CT molecular complexity index is 2100. The molecule has 1 aliphatic heterocycles. The van der Waals surface area contributed by atoms with E-state index >= 15 is 0 Å². The third kappa shape index (κ3) is 20.4. The zero-order chi connectivity index (χ0) is 55.3. The molecule has 6 amide bonds. The molecule has 18 nitrogen and oxygen atoms in total. The van der Waals surface area contributed by atoms with Crippen LogP contribution in [0.4, 0.5) is 4.79 Å². The van der Waals surface area contributed by atoms with E-state index in [9.17, 15) is 38.4 Å². The number of likely N-dealkylation sites (N-methyl/N-ethyl adjacent to an activating group) is 2. The first-order valence-corrected chi connectivity index (χ1v) is 26.0. The number of rotatable bonds is 15. The SMILES string of the molecule is C/C=C(\C)C1OC(=O)C(C)(C)NC(=O)C([C@H](C)CC)NC(=O)CN(C)C(=O)C(Cc2ccc(Cl)cc2)N(C)C(=O)C(C)NC(=O)C(CC(C)C)OC(=O)C(C)=CCC(OC(=O)N(C)CCCCCCNC)C1C. The number of carbonyl (C=O) groups is 8. The zero-order valence-electron chi connectivity index (χ0n) is 46.1. The third-order valence-corrected chi connectivity index (χ3v) is 13.6. The second kappa shape index (κ2) is 30.6. The molecule has 0 bridgehead atoms. The lowest BCUT2D eigenvalue weighted by atomic mass is 9.90. The van der Waals surface area contributed by atoms with E-state index in [1.54, 1.807) is 71.2 Å². The number of nitrogens with one attached hydrogen (secondary N) is 4. The van der Waals surface area contributed by atoms with E-state index in [1.807, 2.05) is 27.8 Å². The quantitative estimate of drug-likeness (QED) is 0.0674. The average molecular weight is 1040 g/mol. The molecule has 0 spiro atoms. The summed E-state index contributed by atoms with van der Waals surface area (Å²) in [4.78, 5) is 116. The number of halogens is 1. The molecule has 2 rings (SSSR count). The molecule has 0 fully saturated rings. The summed E-state index contributed by atoms with van der Waals surface area (Å²) < 4.78 is 18.2. The molecule has 0 saturated heterocycles. The van der Waals surface area contributed by atoms with E-state index in [0.717, 1.165) is 37.1 Å². The van der Waals surface area contributed by atoms with Crippen molar-refractivity contribution in [1.29, 1.82) is 0 Å². The highest BCUT2D eigenvalue weighted by molar-refractivity contribution is 6.30. The van der Waals surface area contributed by atoms with Gasteiger partial charge in [0, 0.05) is 57.0 Å². The summed E-state index contributed by atoms with van der Waals surface area (Å²) in [6.07, 6.45) is 3.58. The summed E-state index contributed by atoms with van der Waals surface area (Å²) in [5, 5.41) is 11.8. The molecule has 0 saturated carbocycles. The lowest BCUT2D eigenvalue weighted by molar-refractivity contribution is -0.160. The number of ether oxygens (including phenoxy) is 3. The molecule has 0 aromatic heterocycles. The van der Waals surface area contributed by atoms with Crippen molar-refractivity contribution in [1.82, 2.24) is 36.0 Å². The Morgan fingerprint density at radius 2 is 1.59 bits per heavy atom. The predicted octanol–water partition coefficient (Wildman–Crippen LogP) is 6.14. The summed E-state index contributed by atoms with van der Waals surface area (Å²) in [5.74, 6) is -6.26. The van der Waals surface area contributed by atoms with Crippen LogP contribution in [0.5, 0.6) is 0 Å². The van der Waals surface area contributed by atoms with E-state index in [1.165, 1.54) is 51.6 Å². The first kappa shape index (κ1) is 63.6. The van der Waals surface area contributed by atoms with Gasteiger partial charge >= 0.3 is 18.0 Å². The molecule has 410 valence electrons. The number of nitrogens with zero attached hydrogens (tertiary/aromatic N) is 3. The van der Waals surface area contributed by atoms with Crippen LogP contribution in [-0.4, -0.2) is 152 Å². The van der Waals surface area contributed by atoms with Crippen LogP contribution in [0, 0.1) is 17.8 Å². The summed E-state index contributed by atoms with van der Waals surface area (Å²) in [7, 11) is 6.36. The number of esters is 2. The van der Waals surface area contributed by atoms with Gasteiger partial charge in [0.1, 0.15) is 35.9 Å². The van der Waals surface area contributed by atoms with Crippen molar-refractivity contribution in [2.75, 3.05) is 47.8 Å². The van der Waals surface area contributed by atoms with Gasteiger partial charge in [0.2, 0.25) is 23.6 Å². The number of unbranched alkanes of at least 4 members (excludes halogenated alkanes) is 3. The van der Waals surface area contributed by atoms with Crippen LogP contribution in [0.15, 0.2) is 47.6 Å². The normalized spacial score (nSPS) is 24.5.